The van der Waals surface area contributed by atoms with E-state index in [-0.39, 0.29) is 12.3 Å². The fraction of sp³-hybridized carbons (Fsp3) is 0.250. The minimum Gasteiger partial charge on any atom is -0.495 e. The van der Waals surface area contributed by atoms with Gasteiger partial charge in [0, 0.05) is 54.8 Å². The molecule has 0 fully saturated rings. The second-order valence-electron chi connectivity index (χ2n) is 7.86. The normalized spacial score (nSPS) is 11.4. The molecule has 0 aliphatic heterocycles. The van der Waals surface area contributed by atoms with Crippen molar-refractivity contribution >= 4 is 22.1 Å². The number of aryl methyl sites for hydroxylation is 1. The van der Waals surface area contributed by atoms with Crippen molar-refractivity contribution in [1.29, 1.82) is 0 Å². The smallest absolute Gasteiger partial charge is 0.332 e. The van der Waals surface area contributed by atoms with E-state index in [0.29, 0.717) is 47.8 Å². The van der Waals surface area contributed by atoms with Gasteiger partial charge in [-0.05, 0) is 31.0 Å². The number of aromatic amines is 1. The van der Waals surface area contributed by atoms with E-state index in [1.165, 1.54) is 0 Å². The van der Waals surface area contributed by atoms with Gasteiger partial charge in [-0.1, -0.05) is 0 Å². The fourth-order valence-electron chi connectivity index (χ4n) is 4.04. The van der Waals surface area contributed by atoms with Crippen LogP contribution in [0.4, 0.5) is 0 Å². The summed E-state index contributed by atoms with van der Waals surface area (Å²) < 4.78 is 15.0. The van der Waals surface area contributed by atoms with Gasteiger partial charge in [-0.2, -0.15) is 5.10 Å². The quantitative estimate of drug-likeness (QED) is 0.342. The number of H-pyrrole nitrogens is 1. The number of imidazole rings is 1. The molecular weight excluding hydrogens is 436 g/mol. The van der Waals surface area contributed by atoms with Crippen molar-refractivity contribution in [3.8, 4) is 28.3 Å². The molecule has 5 aromatic rings. The van der Waals surface area contributed by atoms with Gasteiger partial charge in [0.1, 0.15) is 17.0 Å². The Bertz CT molecular complexity index is 1530. The Morgan fingerprint density at radius 3 is 2.79 bits per heavy atom. The van der Waals surface area contributed by atoms with E-state index in [1.807, 2.05) is 31.4 Å². The second kappa shape index (κ2) is 8.99. The fourth-order valence-corrected chi connectivity index (χ4v) is 4.04. The van der Waals surface area contributed by atoms with Gasteiger partial charge in [-0.15, -0.1) is 0 Å². The maximum Gasteiger partial charge on any atom is 0.332 e. The van der Waals surface area contributed by atoms with Gasteiger partial charge in [0.2, 0.25) is 0 Å². The van der Waals surface area contributed by atoms with Crippen molar-refractivity contribution in [2.45, 2.75) is 12.8 Å². The van der Waals surface area contributed by atoms with E-state index in [1.54, 1.807) is 41.0 Å². The number of aromatic nitrogens is 6. The number of rotatable bonds is 8. The van der Waals surface area contributed by atoms with Crippen LogP contribution in [-0.2, 0) is 7.05 Å². The minimum absolute atomic E-state index is 0.109. The first-order valence-corrected chi connectivity index (χ1v) is 10.9. The summed E-state index contributed by atoms with van der Waals surface area (Å²) in [6.07, 6.45) is 8.35. The van der Waals surface area contributed by atoms with Gasteiger partial charge >= 0.3 is 5.69 Å². The van der Waals surface area contributed by atoms with Crippen LogP contribution in [0.1, 0.15) is 12.8 Å². The second-order valence-corrected chi connectivity index (χ2v) is 7.86. The molecule has 2 N–H and O–H groups in total. The Morgan fingerprint density at radius 2 is 2.03 bits per heavy atom. The summed E-state index contributed by atoms with van der Waals surface area (Å²) >= 11 is 0. The molecule has 0 saturated carbocycles. The lowest BCUT2D eigenvalue weighted by molar-refractivity contribution is 0.254. The topological polar surface area (TPSA) is 120 Å². The Balaban J connectivity index is 1.66. The van der Waals surface area contributed by atoms with Gasteiger partial charge in [0.05, 0.1) is 31.1 Å². The van der Waals surface area contributed by atoms with E-state index in [9.17, 15) is 4.79 Å². The Labute approximate surface area is 194 Å². The number of nitrogens with zero attached hydrogens (tertiary/aromatic N) is 5. The van der Waals surface area contributed by atoms with Crippen LogP contribution in [0.25, 0.3) is 38.9 Å². The Morgan fingerprint density at radius 1 is 1.15 bits per heavy atom. The van der Waals surface area contributed by atoms with Gasteiger partial charge in [-0.3, -0.25) is 19.2 Å². The van der Waals surface area contributed by atoms with Gasteiger partial charge in [0.25, 0.3) is 0 Å². The van der Waals surface area contributed by atoms with Crippen LogP contribution in [0.15, 0.2) is 53.8 Å². The Hall–Kier alpha value is -4.18. The first kappa shape index (κ1) is 21.7. The summed E-state index contributed by atoms with van der Waals surface area (Å²) in [5.41, 5.74) is 3.70. The summed E-state index contributed by atoms with van der Waals surface area (Å²) in [6.45, 7) is 0.529. The molecule has 0 unspecified atom stereocenters. The molecule has 34 heavy (non-hydrogen) atoms. The molecule has 0 aliphatic rings. The SMILES string of the molecule is COc1c(-c2cnn(C)c2)cnc2ccc(-n3c(=O)[nH]c4nccc(OCCCCO)c43)cc12. The lowest BCUT2D eigenvalue weighted by Crippen LogP contribution is -2.15. The van der Waals surface area contributed by atoms with Crippen LogP contribution in [0.2, 0.25) is 0 Å². The van der Waals surface area contributed by atoms with Gasteiger partial charge in [0.15, 0.2) is 5.65 Å². The highest BCUT2D eigenvalue weighted by atomic mass is 16.5. The first-order chi connectivity index (χ1) is 16.6. The maximum atomic E-state index is 13.0. The summed E-state index contributed by atoms with van der Waals surface area (Å²) in [5, 5.41) is 14.0. The predicted octanol–water partition coefficient (Wildman–Crippen LogP) is 2.82. The van der Waals surface area contributed by atoms with Crippen molar-refractivity contribution in [1.82, 2.24) is 29.3 Å². The molecule has 4 heterocycles. The summed E-state index contributed by atoms with van der Waals surface area (Å²) in [6, 6.07) is 7.28. The van der Waals surface area contributed by atoms with Crippen LogP contribution in [0, 0.1) is 0 Å². The van der Waals surface area contributed by atoms with Crippen molar-refractivity contribution in [2.75, 3.05) is 20.3 Å². The molecule has 0 bridgehead atoms. The number of aliphatic hydroxyl groups is 1. The predicted molar refractivity (Wildman–Crippen MR) is 128 cm³/mol. The van der Waals surface area contributed by atoms with Crippen molar-refractivity contribution < 1.29 is 14.6 Å². The molecule has 10 heteroatoms. The van der Waals surface area contributed by atoms with E-state index in [0.717, 1.165) is 22.0 Å². The van der Waals surface area contributed by atoms with Gasteiger partial charge in [-0.25, -0.2) is 9.78 Å². The Kier molecular flexibility index (Phi) is 5.72. The van der Waals surface area contributed by atoms with Crippen LogP contribution >= 0.6 is 0 Å². The molecule has 0 spiro atoms. The molecule has 0 saturated heterocycles. The lowest BCUT2D eigenvalue weighted by atomic mass is 10.1. The minimum atomic E-state index is -0.330. The maximum absolute atomic E-state index is 13.0. The largest absolute Gasteiger partial charge is 0.495 e. The highest BCUT2D eigenvalue weighted by Crippen LogP contribution is 2.36. The standard InChI is InChI=1S/C24H24N6O4/c1-29-14-15(12-27-29)18-13-26-19-6-5-16(11-17(19)22(18)33-2)30-21-20(34-10-4-3-9-31)7-8-25-23(21)28-24(30)32/h5-8,11-14,31H,3-4,9-10H2,1-2H3,(H,25,28,32). The molecule has 174 valence electrons. The number of benzene rings is 1. The third kappa shape index (κ3) is 3.77. The number of methoxy groups -OCH3 is 1. The molecule has 0 radical (unpaired) electrons. The van der Waals surface area contributed by atoms with E-state index in [4.69, 9.17) is 14.6 Å². The summed E-state index contributed by atoms with van der Waals surface area (Å²) in [5.74, 6) is 1.18. The average Bonchev–Trinajstić information content (AvgIpc) is 3.43. The number of unbranched alkanes of at least 4 members (excludes halogenated alkanes) is 1. The highest BCUT2D eigenvalue weighted by Gasteiger charge is 2.18. The van der Waals surface area contributed by atoms with E-state index >= 15 is 0 Å². The third-order valence-corrected chi connectivity index (χ3v) is 5.63. The average molecular weight is 460 g/mol. The van der Waals surface area contributed by atoms with Gasteiger partial charge < -0.3 is 14.6 Å². The van der Waals surface area contributed by atoms with Crippen LogP contribution in [-0.4, -0.2) is 54.7 Å². The molecule has 5 rings (SSSR count). The van der Waals surface area contributed by atoms with E-state index < -0.39 is 0 Å². The van der Waals surface area contributed by atoms with E-state index in [2.05, 4.69) is 20.1 Å². The monoisotopic (exact) mass is 460 g/mol. The number of ether oxygens (including phenoxy) is 2. The molecule has 1 aromatic carbocycles. The molecule has 4 aromatic heterocycles. The highest BCUT2D eigenvalue weighted by molar-refractivity contribution is 5.93. The van der Waals surface area contributed by atoms with Crippen LogP contribution in [0.5, 0.6) is 11.5 Å². The van der Waals surface area contributed by atoms with Crippen molar-refractivity contribution in [2.24, 2.45) is 7.05 Å². The number of pyridine rings is 2. The molecule has 0 amide bonds. The lowest BCUT2D eigenvalue weighted by Gasteiger charge is -2.13. The number of fused-ring (bicyclic) bond motifs is 2. The number of hydrogen-bond acceptors (Lipinski definition) is 7. The number of aliphatic hydroxyl groups excluding tert-OH is 1. The zero-order valence-electron chi connectivity index (χ0n) is 18.9. The first-order valence-electron chi connectivity index (χ1n) is 10.9. The zero-order chi connectivity index (χ0) is 23.7. The third-order valence-electron chi connectivity index (χ3n) is 5.63. The van der Waals surface area contributed by atoms with Crippen molar-refractivity contribution in [3.63, 3.8) is 0 Å². The molecular formula is C24H24N6O4. The number of nitrogens with one attached hydrogen (secondary N) is 1. The summed E-state index contributed by atoms with van der Waals surface area (Å²) in [7, 11) is 3.46. The van der Waals surface area contributed by atoms with Crippen LogP contribution in [0.3, 0.4) is 0 Å². The zero-order valence-corrected chi connectivity index (χ0v) is 18.9. The summed E-state index contributed by atoms with van der Waals surface area (Å²) in [4.78, 5) is 24.7. The van der Waals surface area contributed by atoms with Crippen molar-refractivity contribution in [3.05, 3.63) is 59.5 Å². The molecule has 10 nitrogen and oxygen atoms in total. The molecule has 0 aliphatic carbocycles. The number of hydrogen-bond donors (Lipinski definition) is 2. The van der Waals surface area contributed by atoms with Crippen LogP contribution < -0.4 is 15.2 Å². The molecule has 0 atom stereocenters.